The van der Waals surface area contributed by atoms with Crippen LogP contribution in [0.1, 0.15) is 36.2 Å². The molecule has 0 aliphatic carbocycles. The number of carbonyl (C=O) groups excluding carboxylic acids is 1. The molecule has 1 saturated heterocycles. The van der Waals surface area contributed by atoms with E-state index in [-0.39, 0.29) is 36.2 Å². The highest BCUT2D eigenvalue weighted by Gasteiger charge is 2.29. The van der Waals surface area contributed by atoms with Crippen molar-refractivity contribution >= 4 is 18.3 Å². The Morgan fingerprint density at radius 2 is 2.10 bits per heavy atom. The van der Waals surface area contributed by atoms with Gasteiger partial charge >= 0.3 is 0 Å². The molecule has 3 nitrogen and oxygen atoms in total. The van der Waals surface area contributed by atoms with Gasteiger partial charge in [0.25, 0.3) is 5.91 Å². The standard InChI is InChI=1S/C15H21FN2O.ClH/c1-9-6-7-17-11(3)14(9)18-15(19)13-5-4-12(16)8-10(13)2;/h4-5,8-9,11,14,17H,6-7H2,1-3H3,(H,18,19);1H. The Morgan fingerprint density at radius 3 is 2.70 bits per heavy atom. The molecular formula is C15H22ClFN2O. The molecule has 1 heterocycles. The molecule has 0 spiro atoms. The molecule has 2 rings (SSSR count). The number of hydrogen-bond acceptors (Lipinski definition) is 2. The Labute approximate surface area is 125 Å². The molecule has 0 saturated carbocycles. The summed E-state index contributed by atoms with van der Waals surface area (Å²) < 4.78 is 13.1. The second kappa shape index (κ2) is 7.04. The fourth-order valence-electron chi connectivity index (χ4n) is 2.72. The molecule has 1 aliphatic heterocycles. The van der Waals surface area contributed by atoms with Crippen LogP contribution in [0.25, 0.3) is 0 Å². The summed E-state index contributed by atoms with van der Waals surface area (Å²) in [6, 6.07) is 4.64. The normalized spacial score (nSPS) is 25.7. The molecule has 2 N–H and O–H groups in total. The topological polar surface area (TPSA) is 41.1 Å². The quantitative estimate of drug-likeness (QED) is 0.882. The van der Waals surface area contributed by atoms with E-state index in [0.29, 0.717) is 17.0 Å². The van der Waals surface area contributed by atoms with Gasteiger partial charge in [-0.25, -0.2) is 4.39 Å². The molecule has 112 valence electrons. The number of rotatable bonds is 2. The van der Waals surface area contributed by atoms with Crippen molar-refractivity contribution < 1.29 is 9.18 Å². The molecular weight excluding hydrogens is 279 g/mol. The zero-order valence-electron chi connectivity index (χ0n) is 12.1. The molecule has 1 fully saturated rings. The Kier molecular flexibility index (Phi) is 5.96. The first kappa shape index (κ1) is 16.9. The van der Waals surface area contributed by atoms with Crippen LogP contribution in [-0.4, -0.2) is 24.5 Å². The number of aryl methyl sites for hydroxylation is 1. The fraction of sp³-hybridized carbons (Fsp3) is 0.533. The average Bonchev–Trinajstić information content (AvgIpc) is 2.33. The first-order chi connectivity index (χ1) is 8.99. The number of amides is 1. The molecule has 0 radical (unpaired) electrons. The van der Waals surface area contributed by atoms with Gasteiger partial charge in [-0.2, -0.15) is 0 Å². The number of carbonyl (C=O) groups is 1. The van der Waals surface area contributed by atoms with Crippen molar-refractivity contribution in [3.63, 3.8) is 0 Å². The lowest BCUT2D eigenvalue weighted by Crippen LogP contribution is -2.56. The van der Waals surface area contributed by atoms with Crippen molar-refractivity contribution in [3.8, 4) is 0 Å². The fourth-order valence-corrected chi connectivity index (χ4v) is 2.72. The lowest BCUT2D eigenvalue weighted by Gasteiger charge is -2.36. The third-order valence-corrected chi connectivity index (χ3v) is 3.95. The van der Waals surface area contributed by atoms with Crippen molar-refractivity contribution in [3.05, 3.63) is 35.1 Å². The van der Waals surface area contributed by atoms with Crippen LogP contribution in [0.5, 0.6) is 0 Å². The van der Waals surface area contributed by atoms with Crippen molar-refractivity contribution in [2.75, 3.05) is 6.54 Å². The van der Waals surface area contributed by atoms with E-state index in [4.69, 9.17) is 0 Å². The van der Waals surface area contributed by atoms with Crippen LogP contribution in [0.3, 0.4) is 0 Å². The minimum atomic E-state index is -0.310. The summed E-state index contributed by atoms with van der Waals surface area (Å²) in [5.41, 5.74) is 1.22. The van der Waals surface area contributed by atoms with Gasteiger partial charge in [0.1, 0.15) is 5.82 Å². The molecule has 0 aromatic heterocycles. The Morgan fingerprint density at radius 1 is 1.40 bits per heavy atom. The van der Waals surface area contributed by atoms with E-state index in [1.54, 1.807) is 13.0 Å². The zero-order chi connectivity index (χ0) is 14.0. The van der Waals surface area contributed by atoms with Crippen LogP contribution in [0.15, 0.2) is 18.2 Å². The van der Waals surface area contributed by atoms with Crippen molar-refractivity contribution in [1.82, 2.24) is 10.6 Å². The van der Waals surface area contributed by atoms with E-state index in [1.165, 1.54) is 12.1 Å². The van der Waals surface area contributed by atoms with E-state index in [2.05, 4.69) is 24.5 Å². The second-order valence-corrected chi connectivity index (χ2v) is 5.47. The van der Waals surface area contributed by atoms with E-state index < -0.39 is 0 Å². The van der Waals surface area contributed by atoms with Gasteiger partial charge in [-0.15, -0.1) is 12.4 Å². The van der Waals surface area contributed by atoms with Gasteiger partial charge < -0.3 is 10.6 Å². The van der Waals surface area contributed by atoms with Crippen LogP contribution in [-0.2, 0) is 0 Å². The van der Waals surface area contributed by atoms with Gasteiger partial charge in [0.15, 0.2) is 0 Å². The third-order valence-electron chi connectivity index (χ3n) is 3.95. The second-order valence-electron chi connectivity index (χ2n) is 5.47. The largest absolute Gasteiger partial charge is 0.347 e. The minimum absolute atomic E-state index is 0. The van der Waals surface area contributed by atoms with Crippen LogP contribution < -0.4 is 10.6 Å². The van der Waals surface area contributed by atoms with Gasteiger partial charge in [0.2, 0.25) is 0 Å². The monoisotopic (exact) mass is 300 g/mol. The summed E-state index contributed by atoms with van der Waals surface area (Å²) >= 11 is 0. The first-order valence-electron chi connectivity index (χ1n) is 6.79. The smallest absolute Gasteiger partial charge is 0.251 e. The SMILES string of the molecule is Cc1cc(F)ccc1C(=O)NC1C(C)CCNC1C.Cl. The first-order valence-corrected chi connectivity index (χ1v) is 6.79. The van der Waals surface area contributed by atoms with E-state index >= 15 is 0 Å². The molecule has 1 aliphatic rings. The predicted molar refractivity (Wildman–Crippen MR) is 80.9 cm³/mol. The Balaban J connectivity index is 0.00000200. The maximum Gasteiger partial charge on any atom is 0.251 e. The highest BCUT2D eigenvalue weighted by molar-refractivity contribution is 5.95. The molecule has 20 heavy (non-hydrogen) atoms. The summed E-state index contributed by atoms with van der Waals surface area (Å²) in [6.07, 6.45) is 1.05. The van der Waals surface area contributed by atoms with Crippen molar-refractivity contribution in [1.29, 1.82) is 0 Å². The van der Waals surface area contributed by atoms with Gasteiger partial charge in [-0.05, 0) is 56.5 Å². The maximum absolute atomic E-state index is 13.1. The predicted octanol–water partition coefficient (Wildman–Crippen LogP) is 2.67. The summed E-state index contributed by atoms with van der Waals surface area (Å²) in [7, 11) is 0. The van der Waals surface area contributed by atoms with Crippen LogP contribution >= 0.6 is 12.4 Å². The lowest BCUT2D eigenvalue weighted by molar-refractivity contribution is 0.0897. The Bertz CT molecular complexity index is 471. The van der Waals surface area contributed by atoms with Gasteiger partial charge in [0, 0.05) is 17.6 Å². The molecule has 3 atom stereocenters. The van der Waals surface area contributed by atoms with Crippen LogP contribution in [0.4, 0.5) is 4.39 Å². The number of halogens is 2. The zero-order valence-corrected chi connectivity index (χ0v) is 12.9. The maximum atomic E-state index is 13.1. The number of nitrogens with one attached hydrogen (secondary N) is 2. The van der Waals surface area contributed by atoms with Gasteiger partial charge in [-0.1, -0.05) is 6.92 Å². The Hall–Kier alpha value is -1.13. The molecule has 1 aromatic rings. The number of piperidine rings is 1. The third kappa shape index (κ3) is 3.70. The molecule has 0 bridgehead atoms. The molecule has 1 amide bonds. The molecule has 5 heteroatoms. The summed E-state index contributed by atoms with van der Waals surface area (Å²) in [6.45, 7) is 6.98. The summed E-state index contributed by atoms with van der Waals surface area (Å²) in [4.78, 5) is 12.3. The van der Waals surface area contributed by atoms with E-state index in [9.17, 15) is 9.18 Å². The van der Waals surface area contributed by atoms with Crippen molar-refractivity contribution in [2.24, 2.45) is 5.92 Å². The lowest BCUT2D eigenvalue weighted by atomic mass is 9.89. The van der Waals surface area contributed by atoms with Gasteiger partial charge in [-0.3, -0.25) is 4.79 Å². The van der Waals surface area contributed by atoms with Crippen LogP contribution in [0, 0.1) is 18.7 Å². The molecule has 1 aromatic carbocycles. The highest BCUT2D eigenvalue weighted by Crippen LogP contribution is 2.17. The number of benzene rings is 1. The summed E-state index contributed by atoms with van der Waals surface area (Å²) in [5, 5.41) is 6.44. The van der Waals surface area contributed by atoms with Crippen molar-refractivity contribution in [2.45, 2.75) is 39.3 Å². The molecule has 3 unspecified atom stereocenters. The average molecular weight is 301 g/mol. The van der Waals surface area contributed by atoms with Gasteiger partial charge in [0.05, 0.1) is 0 Å². The van der Waals surface area contributed by atoms with E-state index in [0.717, 1.165) is 13.0 Å². The highest BCUT2D eigenvalue weighted by atomic mass is 35.5. The number of hydrogen-bond donors (Lipinski definition) is 2. The van der Waals surface area contributed by atoms with E-state index in [1.807, 2.05) is 0 Å². The van der Waals surface area contributed by atoms with Crippen LogP contribution in [0.2, 0.25) is 0 Å². The minimum Gasteiger partial charge on any atom is -0.347 e. The summed E-state index contributed by atoms with van der Waals surface area (Å²) in [5.74, 6) is 0.0148.